The maximum atomic E-state index is 14.3. The van der Waals surface area contributed by atoms with E-state index in [1.54, 1.807) is 30.7 Å². The lowest BCUT2D eigenvalue weighted by Crippen LogP contribution is -2.59. The van der Waals surface area contributed by atoms with E-state index in [4.69, 9.17) is 15.2 Å². The third-order valence-corrected chi connectivity index (χ3v) is 14.8. The average Bonchev–Trinajstić information content (AvgIpc) is 3.79. The monoisotopic (exact) mass is 1050 g/mol. The third-order valence-electron chi connectivity index (χ3n) is 13.4. The van der Waals surface area contributed by atoms with E-state index in [0.29, 0.717) is 25.8 Å². The second-order valence-electron chi connectivity index (χ2n) is 20.1. The van der Waals surface area contributed by atoms with Crippen LogP contribution in [-0.2, 0) is 48.3 Å². The number of carbonyl (C=O) groups is 8. The smallest absolute Gasteiger partial charge is 0.405 e. The number of sulfonamides is 1. The lowest BCUT2D eigenvalue weighted by Gasteiger charge is -2.41. The van der Waals surface area contributed by atoms with E-state index < -0.39 is 100 Å². The number of anilines is 1. The molecule has 24 heteroatoms. The second-order valence-corrected chi connectivity index (χ2v) is 21.8. The van der Waals surface area contributed by atoms with Crippen molar-refractivity contribution < 1.29 is 61.4 Å². The van der Waals surface area contributed by atoms with Crippen LogP contribution in [0.4, 0.5) is 15.3 Å². The fourth-order valence-electron chi connectivity index (χ4n) is 9.36. The van der Waals surface area contributed by atoms with E-state index in [1.807, 2.05) is 60.5 Å². The van der Waals surface area contributed by atoms with Crippen LogP contribution in [0.5, 0.6) is 0 Å². The van der Waals surface area contributed by atoms with Crippen LogP contribution in [0.25, 0.3) is 0 Å². The number of urea groups is 1. The number of nitrogens with one attached hydrogen (secondary N) is 6. The zero-order valence-electron chi connectivity index (χ0n) is 45.1. The van der Waals surface area contributed by atoms with E-state index in [-0.39, 0.29) is 71.9 Å². The summed E-state index contributed by atoms with van der Waals surface area (Å²) >= 11 is 0. The summed E-state index contributed by atoms with van der Waals surface area (Å²) in [5.74, 6) is -5.21. The zero-order valence-corrected chi connectivity index (χ0v) is 46.0. The number of nitrogens with two attached hydrogens (primary N) is 1. The van der Waals surface area contributed by atoms with Gasteiger partial charge in [-0.2, -0.15) is 0 Å². The molecule has 73 heavy (non-hydrogen) atoms. The van der Waals surface area contributed by atoms with Gasteiger partial charge in [-0.05, 0) is 87.7 Å². The maximum Gasteiger partial charge on any atom is 0.405 e. The summed E-state index contributed by atoms with van der Waals surface area (Å²) in [6.07, 6.45) is -1.36. The molecule has 9 amide bonds. The number of carboxylic acid groups (broad SMARTS) is 1. The van der Waals surface area contributed by atoms with Gasteiger partial charge in [0, 0.05) is 40.0 Å². The number of hydrogen-bond acceptors (Lipinski definition) is 13. The van der Waals surface area contributed by atoms with Crippen LogP contribution in [-0.4, -0.2) is 173 Å². The summed E-state index contributed by atoms with van der Waals surface area (Å²) in [6, 6.07) is -0.813. The molecule has 0 aromatic heterocycles. The Labute approximate surface area is 431 Å². The SMILES string of the molecule is CC[C@H](C)[C@@H]([C@@H](CC(=O)N1CCC[C@H]1[C@H](OC)[C@@H](C)C(=O)NS(=O)(=O)c1ccc(NC(=O)[C@H](CCCNC(N)=O)NC(=O)[C@@H](NC(=O)O)C(C)C)cc1)OC)N(C)C(=O)[C@@H](NC(=O)[C@H](C(C)C)N(C)C)C(C)C. The quantitative estimate of drug-likeness (QED) is 0.0535. The number of benzene rings is 1. The molecule has 0 bridgehead atoms. The number of nitrogens with zero attached hydrogens (tertiary/aromatic N) is 3. The first-order valence-electron chi connectivity index (χ1n) is 24.9. The summed E-state index contributed by atoms with van der Waals surface area (Å²) in [5.41, 5.74) is 5.26. The number of carbonyl (C=O) groups excluding carboxylic acids is 7. The number of likely N-dealkylation sites (N-methyl/N-ethyl adjacent to an activating group) is 2. The Morgan fingerprint density at radius 1 is 0.808 bits per heavy atom. The molecule has 2 rings (SSSR count). The van der Waals surface area contributed by atoms with Crippen molar-refractivity contribution in [1.29, 1.82) is 0 Å². The van der Waals surface area contributed by atoms with Gasteiger partial charge in [0.1, 0.15) is 18.1 Å². The molecule has 0 unspecified atom stereocenters. The van der Waals surface area contributed by atoms with E-state index in [1.165, 1.54) is 33.3 Å². The van der Waals surface area contributed by atoms with Crippen molar-refractivity contribution in [3.05, 3.63) is 24.3 Å². The summed E-state index contributed by atoms with van der Waals surface area (Å²) in [7, 11) is 3.66. The second kappa shape index (κ2) is 29.3. The molecule has 0 saturated carbocycles. The molecular formula is C49H84N10O13S. The summed E-state index contributed by atoms with van der Waals surface area (Å²) in [6.45, 7) is 16.7. The van der Waals surface area contributed by atoms with Gasteiger partial charge >= 0.3 is 12.1 Å². The van der Waals surface area contributed by atoms with Gasteiger partial charge in [0.25, 0.3) is 10.0 Å². The number of likely N-dealkylation sites (tertiary alicyclic amines) is 1. The fraction of sp³-hybridized carbons (Fsp3) is 0.714. The number of methoxy groups -OCH3 is 2. The van der Waals surface area contributed by atoms with Gasteiger partial charge in [-0.3, -0.25) is 33.7 Å². The molecule has 0 radical (unpaired) electrons. The normalized spacial score (nSPS) is 17.6. The third kappa shape index (κ3) is 18.4. The number of primary amides is 1. The first kappa shape index (κ1) is 63.5. The number of ether oxygens (including phenoxy) is 2. The Bertz CT molecular complexity index is 2140. The van der Waals surface area contributed by atoms with E-state index >= 15 is 0 Å². The van der Waals surface area contributed by atoms with Gasteiger partial charge in [-0.15, -0.1) is 0 Å². The lowest BCUT2D eigenvalue weighted by molar-refractivity contribution is -0.148. The molecule has 1 fully saturated rings. The summed E-state index contributed by atoms with van der Waals surface area (Å²) < 4.78 is 41.1. The Kier molecular flexibility index (Phi) is 25.5. The van der Waals surface area contributed by atoms with E-state index in [9.17, 15) is 51.9 Å². The molecule has 23 nitrogen and oxygen atoms in total. The summed E-state index contributed by atoms with van der Waals surface area (Å²) in [5, 5.41) is 21.9. The Hall–Kier alpha value is -5.59. The minimum atomic E-state index is -4.49. The minimum Gasteiger partial charge on any atom is -0.465 e. The van der Waals surface area contributed by atoms with Crippen LogP contribution in [0.15, 0.2) is 29.2 Å². The Morgan fingerprint density at radius 2 is 1.41 bits per heavy atom. The molecule has 9 N–H and O–H groups in total. The van der Waals surface area contributed by atoms with Gasteiger partial charge in [0.15, 0.2) is 0 Å². The van der Waals surface area contributed by atoms with Crippen molar-refractivity contribution in [3.63, 3.8) is 0 Å². The predicted molar refractivity (Wildman–Crippen MR) is 274 cm³/mol. The van der Waals surface area contributed by atoms with Gasteiger partial charge in [-0.1, -0.05) is 68.7 Å². The van der Waals surface area contributed by atoms with Crippen molar-refractivity contribution in [2.75, 3.05) is 53.8 Å². The first-order chi connectivity index (χ1) is 34.0. The van der Waals surface area contributed by atoms with Crippen LogP contribution in [0.2, 0.25) is 0 Å². The topological polar surface area (TPSA) is 317 Å². The van der Waals surface area contributed by atoms with Crippen molar-refractivity contribution in [2.45, 2.75) is 154 Å². The molecule has 1 aromatic carbocycles. The van der Waals surface area contributed by atoms with Crippen LogP contribution in [0, 0.1) is 29.6 Å². The molecule has 1 aliphatic heterocycles. The summed E-state index contributed by atoms with van der Waals surface area (Å²) in [4.78, 5) is 110. The molecule has 1 heterocycles. The zero-order chi connectivity index (χ0) is 55.7. The molecule has 1 aromatic rings. The van der Waals surface area contributed by atoms with Crippen molar-refractivity contribution in [2.24, 2.45) is 35.3 Å². The van der Waals surface area contributed by atoms with Crippen molar-refractivity contribution in [3.8, 4) is 0 Å². The van der Waals surface area contributed by atoms with Gasteiger partial charge in [-0.25, -0.2) is 22.7 Å². The maximum absolute atomic E-state index is 14.3. The molecule has 0 aliphatic carbocycles. The fourth-order valence-corrected chi connectivity index (χ4v) is 10.4. The van der Waals surface area contributed by atoms with E-state index in [2.05, 4.69) is 31.3 Å². The molecule has 0 spiro atoms. The molecule has 1 aliphatic rings. The van der Waals surface area contributed by atoms with E-state index in [0.717, 1.165) is 12.1 Å². The predicted octanol–water partition coefficient (Wildman–Crippen LogP) is 2.30. The largest absolute Gasteiger partial charge is 0.465 e. The van der Waals surface area contributed by atoms with Crippen molar-refractivity contribution >= 4 is 63.3 Å². The number of hydrogen-bond donors (Lipinski definition) is 8. The highest BCUT2D eigenvalue weighted by molar-refractivity contribution is 7.90. The Balaban J connectivity index is 2.27. The van der Waals surface area contributed by atoms with Gasteiger partial charge < -0.3 is 56.7 Å². The lowest BCUT2D eigenvalue weighted by atomic mass is 9.89. The highest BCUT2D eigenvalue weighted by atomic mass is 32.2. The average molecular weight is 1050 g/mol. The highest BCUT2D eigenvalue weighted by Gasteiger charge is 2.44. The van der Waals surface area contributed by atoms with Crippen LogP contribution in [0.3, 0.4) is 0 Å². The van der Waals surface area contributed by atoms with Gasteiger partial charge in [0.05, 0.1) is 47.6 Å². The standard InChI is InChI=1S/C49H84N10O13S/c1-15-30(8)41(58(12)47(65)39(28(4)5)54-46(64)40(29(6)7)57(10)11)36(71-13)26-37(60)59-25-17-19-35(59)42(72-14)31(9)43(61)56-73(69,70)33-22-20-32(21-23-33)52-44(62)34(18-16-24-51-48(50)66)53-45(63)38(27(2)3)55-49(67)68/h20-23,27-31,34-36,38-42,55H,15-19,24-26H2,1-14H3,(H,52,62)(H,53,63)(H,54,64)(H,56,61)(H,67,68)(H3,50,51,66)/t30-,31+,34-,35-,36+,38-,39-,40-,41-,42+/m0/s1. The first-order valence-corrected chi connectivity index (χ1v) is 26.4. The molecule has 10 atom stereocenters. The van der Waals surface area contributed by atoms with Crippen LogP contribution < -0.4 is 37.0 Å². The van der Waals surface area contributed by atoms with Gasteiger partial charge in [0.2, 0.25) is 35.4 Å². The molecular weight excluding hydrogens is 969 g/mol. The van der Waals surface area contributed by atoms with Crippen LogP contribution >= 0.6 is 0 Å². The van der Waals surface area contributed by atoms with Crippen molar-refractivity contribution in [1.82, 2.24) is 40.7 Å². The highest BCUT2D eigenvalue weighted by Crippen LogP contribution is 2.30. The Morgan fingerprint density at radius 3 is 1.90 bits per heavy atom. The molecule has 1 saturated heterocycles. The number of amides is 9. The molecule has 414 valence electrons. The number of rotatable bonds is 29. The minimum absolute atomic E-state index is 0.00660. The van der Waals surface area contributed by atoms with Crippen LogP contribution in [0.1, 0.15) is 101 Å².